The highest BCUT2D eigenvalue weighted by Gasteiger charge is 1.96. The molecule has 1 aromatic heterocycles. The van der Waals surface area contributed by atoms with E-state index in [1.54, 1.807) is 0 Å². The molecule has 0 atom stereocenters. The van der Waals surface area contributed by atoms with E-state index in [9.17, 15) is 0 Å². The SMILES string of the molecule is CCCCCCCCCCCCCCCC=Cc1nnc(S)o1. The van der Waals surface area contributed by atoms with Gasteiger partial charge in [-0.3, -0.25) is 0 Å². The van der Waals surface area contributed by atoms with E-state index in [1.165, 1.54) is 83.5 Å². The number of unbranched alkanes of at least 4 members (excludes halogenated alkanes) is 13. The lowest BCUT2D eigenvalue weighted by Crippen LogP contribution is -1.82. The third-order valence-corrected chi connectivity index (χ3v) is 4.35. The Morgan fingerprint density at radius 1 is 0.783 bits per heavy atom. The van der Waals surface area contributed by atoms with Crippen LogP contribution in [0.15, 0.2) is 15.7 Å². The van der Waals surface area contributed by atoms with Crippen molar-refractivity contribution in [1.82, 2.24) is 10.2 Å². The van der Waals surface area contributed by atoms with Crippen LogP contribution in [0, 0.1) is 0 Å². The molecule has 1 heterocycles. The Morgan fingerprint density at radius 2 is 1.30 bits per heavy atom. The average molecular weight is 339 g/mol. The Morgan fingerprint density at radius 3 is 1.78 bits per heavy atom. The van der Waals surface area contributed by atoms with Gasteiger partial charge >= 0.3 is 0 Å². The predicted molar refractivity (Wildman–Crippen MR) is 101 cm³/mol. The molecular formula is C19H34N2OS. The van der Waals surface area contributed by atoms with Gasteiger partial charge < -0.3 is 4.42 Å². The van der Waals surface area contributed by atoms with Gasteiger partial charge in [-0.1, -0.05) is 103 Å². The molecule has 0 spiro atoms. The molecule has 0 radical (unpaired) electrons. The molecule has 0 amide bonds. The fourth-order valence-corrected chi connectivity index (χ4v) is 2.90. The lowest BCUT2D eigenvalue weighted by atomic mass is 10.0. The van der Waals surface area contributed by atoms with Crippen molar-refractivity contribution < 1.29 is 4.42 Å². The van der Waals surface area contributed by atoms with Gasteiger partial charge in [-0.05, 0) is 18.9 Å². The highest BCUT2D eigenvalue weighted by molar-refractivity contribution is 7.80. The summed E-state index contributed by atoms with van der Waals surface area (Å²) in [4.78, 5) is 0. The first kappa shape index (κ1) is 20.3. The first-order valence-corrected chi connectivity index (χ1v) is 9.96. The van der Waals surface area contributed by atoms with Crippen LogP contribution < -0.4 is 0 Å². The molecule has 0 saturated heterocycles. The van der Waals surface area contributed by atoms with Crippen LogP contribution in [0.5, 0.6) is 0 Å². The number of nitrogens with zero attached hydrogens (tertiary/aromatic N) is 2. The van der Waals surface area contributed by atoms with E-state index < -0.39 is 0 Å². The van der Waals surface area contributed by atoms with Crippen molar-refractivity contribution in [2.24, 2.45) is 0 Å². The van der Waals surface area contributed by atoms with Crippen molar-refractivity contribution in [3.05, 3.63) is 12.0 Å². The second-order valence-corrected chi connectivity index (χ2v) is 6.74. The number of aromatic nitrogens is 2. The Labute approximate surface area is 147 Å². The maximum Gasteiger partial charge on any atom is 0.273 e. The molecule has 23 heavy (non-hydrogen) atoms. The van der Waals surface area contributed by atoms with E-state index in [1.807, 2.05) is 6.08 Å². The molecule has 0 aromatic carbocycles. The molecule has 0 aliphatic carbocycles. The largest absolute Gasteiger partial charge is 0.412 e. The van der Waals surface area contributed by atoms with Crippen LogP contribution in [-0.4, -0.2) is 10.2 Å². The molecule has 1 rings (SSSR count). The lowest BCUT2D eigenvalue weighted by molar-refractivity contribution is 0.448. The fraction of sp³-hybridized carbons (Fsp3) is 0.789. The van der Waals surface area contributed by atoms with Crippen LogP contribution in [0.2, 0.25) is 0 Å². The molecule has 0 unspecified atom stereocenters. The zero-order chi connectivity index (χ0) is 16.6. The summed E-state index contributed by atoms with van der Waals surface area (Å²) in [7, 11) is 0. The number of thiol groups is 1. The average Bonchev–Trinajstić information content (AvgIpc) is 2.96. The summed E-state index contributed by atoms with van der Waals surface area (Å²) in [5, 5.41) is 7.87. The Hall–Kier alpha value is -0.770. The molecule has 0 saturated carbocycles. The first-order chi connectivity index (χ1) is 11.3. The van der Waals surface area contributed by atoms with Gasteiger partial charge in [0.05, 0.1) is 0 Å². The van der Waals surface area contributed by atoms with Gasteiger partial charge in [-0.25, -0.2) is 0 Å². The zero-order valence-corrected chi connectivity index (χ0v) is 15.7. The third-order valence-electron chi connectivity index (χ3n) is 4.16. The molecule has 0 fully saturated rings. The van der Waals surface area contributed by atoms with Gasteiger partial charge in [-0.15, -0.1) is 10.2 Å². The minimum absolute atomic E-state index is 0.325. The highest BCUT2D eigenvalue weighted by atomic mass is 32.1. The second kappa shape index (κ2) is 14.8. The molecule has 0 N–H and O–H groups in total. The van der Waals surface area contributed by atoms with Crippen LogP contribution in [0.1, 0.15) is 103 Å². The van der Waals surface area contributed by atoms with Gasteiger partial charge in [0.25, 0.3) is 5.22 Å². The van der Waals surface area contributed by atoms with Gasteiger partial charge in [0.1, 0.15) is 0 Å². The van der Waals surface area contributed by atoms with Crippen molar-refractivity contribution in [3.63, 3.8) is 0 Å². The Balaban J connectivity index is 1.77. The first-order valence-electron chi connectivity index (χ1n) is 9.52. The Bertz CT molecular complexity index is 404. The van der Waals surface area contributed by atoms with E-state index in [-0.39, 0.29) is 0 Å². The predicted octanol–water partition coefficient (Wildman–Crippen LogP) is 6.85. The summed E-state index contributed by atoms with van der Waals surface area (Å²) in [6.45, 7) is 2.28. The molecule has 1 aromatic rings. The number of allylic oxidation sites excluding steroid dienone is 1. The quantitative estimate of drug-likeness (QED) is 0.280. The molecule has 0 bridgehead atoms. The lowest BCUT2D eigenvalue weighted by Gasteiger charge is -2.02. The summed E-state index contributed by atoms with van der Waals surface area (Å²) >= 11 is 3.98. The molecular weight excluding hydrogens is 304 g/mol. The van der Waals surface area contributed by atoms with E-state index in [0.717, 1.165) is 6.42 Å². The maximum absolute atomic E-state index is 5.16. The monoisotopic (exact) mass is 338 g/mol. The maximum atomic E-state index is 5.16. The summed E-state index contributed by atoms with van der Waals surface area (Å²) in [6.07, 6.45) is 23.2. The van der Waals surface area contributed by atoms with Gasteiger partial charge in [0.2, 0.25) is 5.89 Å². The Kier molecular flexibility index (Phi) is 13.0. The van der Waals surface area contributed by atoms with Gasteiger partial charge in [0.15, 0.2) is 0 Å². The fourth-order valence-electron chi connectivity index (χ4n) is 2.76. The minimum Gasteiger partial charge on any atom is -0.412 e. The number of hydrogen-bond donors (Lipinski definition) is 1. The van der Waals surface area contributed by atoms with Crippen molar-refractivity contribution in [3.8, 4) is 0 Å². The number of hydrogen-bond acceptors (Lipinski definition) is 4. The van der Waals surface area contributed by atoms with Gasteiger partial charge in [-0.2, -0.15) is 0 Å². The summed E-state index contributed by atoms with van der Waals surface area (Å²) < 4.78 is 5.16. The molecule has 3 nitrogen and oxygen atoms in total. The minimum atomic E-state index is 0.325. The van der Waals surface area contributed by atoms with Crippen LogP contribution in [0.25, 0.3) is 6.08 Å². The topological polar surface area (TPSA) is 38.9 Å². The molecule has 0 aliphatic heterocycles. The highest BCUT2D eigenvalue weighted by Crippen LogP contribution is 2.13. The van der Waals surface area contributed by atoms with Crippen molar-refractivity contribution in [2.45, 2.75) is 102 Å². The zero-order valence-electron chi connectivity index (χ0n) is 14.8. The number of rotatable bonds is 15. The van der Waals surface area contributed by atoms with E-state index in [0.29, 0.717) is 11.1 Å². The standard InChI is InChI=1S/C19H34N2OS/c1-2-3-4-5-6-7-8-9-10-11-12-13-14-15-16-17-18-20-21-19(23)22-18/h16-17H,2-15H2,1H3,(H,21,23). The van der Waals surface area contributed by atoms with Crippen LogP contribution >= 0.6 is 12.6 Å². The van der Waals surface area contributed by atoms with Crippen LogP contribution in [-0.2, 0) is 0 Å². The van der Waals surface area contributed by atoms with Crippen LogP contribution in [0.3, 0.4) is 0 Å². The summed E-state index contributed by atoms with van der Waals surface area (Å²) in [6, 6.07) is 0. The van der Waals surface area contributed by atoms with Crippen molar-refractivity contribution in [1.29, 1.82) is 0 Å². The second-order valence-electron chi connectivity index (χ2n) is 6.36. The molecule has 4 heteroatoms. The smallest absolute Gasteiger partial charge is 0.273 e. The molecule has 132 valence electrons. The summed E-state index contributed by atoms with van der Waals surface area (Å²) in [5.41, 5.74) is 0. The van der Waals surface area contributed by atoms with E-state index in [2.05, 4.69) is 35.8 Å². The van der Waals surface area contributed by atoms with E-state index >= 15 is 0 Å². The van der Waals surface area contributed by atoms with E-state index in [4.69, 9.17) is 4.42 Å². The molecule has 0 aliphatic rings. The van der Waals surface area contributed by atoms with Gasteiger partial charge in [0, 0.05) is 0 Å². The van der Waals surface area contributed by atoms with Crippen molar-refractivity contribution >= 4 is 18.7 Å². The summed E-state index contributed by atoms with van der Waals surface area (Å²) in [5.74, 6) is 0.546. The van der Waals surface area contributed by atoms with Crippen molar-refractivity contribution in [2.75, 3.05) is 0 Å². The normalized spacial score (nSPS) is 11.6. The third kappa shape index (κ3) is 12.3. The van der Waals surface area contributed by atoms with Crippen LogP contribution in [0.4, 0.5) is 0 Å².